The fourth-order valence-electron chi connectivity index (χ4n) is 3.82. The highest BCUT2D eigenvalue weighted by atomic mass is 35.5. The standard InChI is InChI=1S/C14H22N4O.2ClH/c1-9(7-18-5-4-16-8-18)17-14(19)12-10-2-3-11(6-10)13(12)15;;/h4-5,8-13H,2-3,6-7,15H2,1H3,(H,17,19);2*1H. The molecule has 5 atom stereocenters. The van der Waals surface area contributed by atoms with E-state index in [0.717, 1.165) is 13.0 Å². The summed E-state index contributed by atoms with van der Waals surface area (Å²) in [5.41, 5.74) is 6.20. The summed E-state index contributed by atoms with van der Waals surface area (Å²) >= 11 is 0. The number of carbonyl (C=O) groups is 1. The van der Waals surface area contributed by atoms with Gasteiger partial charge in [0.25, 0.3) is 0 Å². The molecular formula is C14H24Cl2N4O. The Morgan fingerprint density at radius 1 is 1.43 bits per heavy atom. The summed E-state index contributed by atoms with van der Waals surface area (Å²) in [6, 6.07) is 0.173. The fraction of sp³-hybridized carbons (Fsp3) is 0.714. The number of aromatic nitrogens is 2. The minimum Gasteiger partial charge on any atom is -0.352 e. The summed E-state index contributed by atoms with van der Waals surface area (Å²) in [6.45, 7) is 2.78. The van der Waals surface area contributed by atoms with Gasteiger partial charge in [0.2, 0.25) is 5.91 Å². The Labute approximate surface area is 137 Å². The maximum Gasteiger partial charge on any atom is 0.225 e. The molecule has 5 unspecified atom stereocenters. The molecule has 120 valence electrons. The van der Waals surface area contributed by atoms with Crippen molar-refractivity contribution in [2.45, 2.75) is 44.8 Å². The monoisotopic (exact) mass is 334 g/mol. The van der Waals surface area contributed by atoms with Gasteiger partial charge in [-0.25, -0.2) is 4.98 Å². The van der Waals surface area contributed by atoms with Crippen LogP contribution in [-0.4, -0.2) is 27.5 Å². The first kappa shape index (κ1) is 18.3. The van der Waals surface area contributed by atoms with Gasteiger partial charge in [0, 0.05) is 31.0 Å². The second kappa shape index (κ2) is 7.47. The third kappa shape index (κ3) is 3.71. The summed E-state index contributed by atoms with van der Waals surface area (Å²) in [6.07, 6.45) is 8.96. The molecule has 2 aliphatic carbocycles. The first-order chi connectivity index (χ1) is 9.15. The maximum atomic E-state index is 12.4. The molecule has 7 heteroatoms. The van der Waals surface area contributed by atoms with Crippen molar-refractivity contribution in [3.8, 4) is 0 Å². The Hall–Kier alpha value is -0.780. The van der Waals surface area contributed by atoms with E-state index in [9.17, 15) is 4.79 Å². The van der Waals surface area contributed by atoms with Crippen molar-refractivity contribution in [2.24, 2.45) is 23.5 Å². The number of imidazole rings is 1. The highest BCUT2D eigenvalue weighted by molar-refractivity contribution is 5.85. The van der Waals surface area contributed by atoms with Gasteiger partial charge in [-0.3, -0.25) is 4.79 Å². The zero-order valence-corrected chi connectivity index (χ0v) is 13.8. The lowest BCUT2D eigenvalue weighted by Gasteiger charge is -2.28. The molecule has 0 aromatic carbocycles. The van der Waals surface area contributed by atoms with Crippen molar-refractivity contribution in [3.63, 3.8) is 0 Å². The van der Waals surface area contributed by atoms with Crippen LogP contribution in [0.2, 0.25) is 0 Å². The Bertz CT molecular complexity index is 452. The average molecular weight is 335 g/mol. The van der Waals surface area contributed by atoms with Crippen LogP contribution in [0.25, 0.3) is 0 Å². The lowest BCUT2D eigenvalue weighted by Crippen LogP contribution is -2.48. The fourth-order valence-corrected chi connectivity index (χ4v) is 3.82. The first-order valence-corrected chi connectivity index (χ1v) is 7.17. The predicted molar refractivity (Wildman–Crippen MR) is 86.6 cm³/mol. The smallest absolute Gasteiger partial charge is 0.225 e. The van der Waals surface area contributed by atoms with Crippen molar-refractivity contribution in [2.75, 3.05) is 0 Å². The molecule has 3 N–H and O–H groups in total. The summed E-state index contributed by atoms with van der Waals surface area (Å²) in [5, 5.41) is 3.11. The molecule has 3 rings (SSSR count). The number of halogens is 2. The Morgan fingerprint density at radius 3 is 2.71 bits per heavy atom. The van der Waals surface area contributed by atoms with E-state index in [0.29, 0.717) is 11.8 Å². The molecule has 21 heavy (non-hydrogen) atoms. The van der Waals surface area contributed by atoms with E-state index in [1.165, 1.54) is 12.8 Å². The van der Waals surface area contributed by atoms with E-state index in [-0.39, 0.29) is 48.7 Å². The molecule has 2 bridgehead atoms. The number of hydrogen-bond donors (Lipinski definition) is 2. The summed E-state index contributed by atoms with van der Waals surface area (Å²) in [7, 11) is 0. The number of nitrogens with zero attached hydrogens (tertiary/aromatic N) is 2. The zero-order valence-electron chi connectivity index (χ0n) is 12.1. The Kier molecular flexibility index (Phi) is 6.50. The number of fused-ring (bicyclic) bond motifs is 2. The molecule has 0 aliphatic heterocycles. The van der Waals surface area contributed by atoms with Gasteiger partial charge < -0.3 is 15.6 Å². The summed E-state index contributed by atoms with van der Waals surface area (Å²) < 4.78 is 1.98. The molecule has 5 nitrogen and oxygen atoms in total. The van der Waals surface area contributed by atoms with Crippen LogP contribution in [0.4, 0.5) is 0 Å². The molecule has 1 aromatic rings. The molecule has 2 saturated carbocycles. The van der Waals surface area contributed by atoms with Crippen LogP contribution in [0.15, 0.2) is 18.7 Å². The van der Waals surface area contributed by atoms with Crippen molar-refractivity contribution in [1.29, 1.82) is 0 Å². The number of rotatable bonds is 4. The Balaban J connectivity index is 0.00000110. The second-order valence-corrected chi connectivity index (χ2v) is 6.11. The number of nitrogens with two attached hydrogens (primary N) is 1. The van der Waals surface area contributed by atoms with Gasteiger partial charge in [-0.2, -0.15) is 0 Å². The van der Waals surface area contributed by atoms with Crippen LogP contribution in [0.5, 0.6) is 0 Å². The summed E-state index contributed by atoms with van der Waals surface area (Å²) in [5.74, 6) is 1.27. The molecule has 1 aromatic heterocycles. The van der Waals surface area contributed by atoms with Crippen LogP contribution >= 0.6 is 24.8 Å². The SMILES string of the molecule is CC(Cn1ccnc1)NC(=O)C1C2CCC(C2)C1N.Cl.Cl. The molecule has 2 fully saturated rings. The van der Waals surface area contributed by atoms with Crippen molar-refractivity contribution >= 4 is 30.7 Å². The van der Waals surface area contributed by atoms with Crippen LogP contribution in [-0.2, 0) is 11.3 Å². The Morgan fingerprint density at radius 2 is 2.14 bits per heavy atom. The number of nitrogens with one attached hydrogen (secondary N) is 1. The van der Waals surface area contributed by atoms with Gasteiger partial charge in [0.15, 0.2) is 0 Å². The lowest BCUT2D eigenvalue weighted by molar-refractivity contribution is -0.127. The molecule has 0 spiro atoms. The minimum atomic E-state index is 0. The third-order valence-electron chi connectivity index (χ3n) is 4.72. The van der Waals surface area contributed by atoms with Gasteiger partial charge >= 0.3 is 0 Å². The number of hydrogen-bond acceptors (Lipinski definition) is 3. The topological polar surface area (TPSA) is 72.9 Å². The molecule has 1 amide bonds. The molecule has 1 heterocycles. The highest BCUT2D eigenvalue weighted by Gasteiger charge is 2.49. The highest BCUT2D eigenvalue weighted by Crippen LogP contribution is 2.47. The molecular weight excluding hydrogens is 311 g/mol. The van der Waals surface area contributed by atoms with E-state index in [4.69, 9.17) is 5.73 Å². The lowest BCUT2D eigenvalue weighted by atomic mass is 9.84. The van der Waals surface area contributed by atoms with E-state index in [1.807, 2.05) is 17.7 Å². The van der Waals surface area contributed by atoms with Gasteiger partial charge in [-0.15, -0.1) is 24.8 Å². The number of amides is 1. The van der Waals surface area contributed by atoms with Crippen molar-refractivity contribution in [1.82, 2.24) is 14.9 Å². The van der Waals surface area contributed by atoms with Gasteiger partial charge in [-0.05, 0) is 38.0 Å². The molecule has 2 aliphatic rings. The van der Waals surface area contributed by atoms with Gasteiger partial charge in [0.05, 0.1) is 12.2 Å². The van der Waals surface area contributed by atoms with Crippen LogP contribution in [0, 0.1) is 17.8 Å². The normalized spacial score (nSPS) is 31.1. The molecule has 0 radical (unpaired) electrons. The zero-order chi connectivity index (χ0) is 13.4. The van der Waals surface area contributed by atoms with Crippen molar-refractivity contribution < 1.29 is 4.79 Å². The minimum absolute atomic E-state index is 0. The van der Waals surface area contributed by atoms with Crippen LogP contribution < -0.4 is 11.1 Å². The quantitative estimate of drug-likeness (QED) is 0.878. The summed E-state index contributed by atoms with van der Waals surface area (Å²) in [4.78, 5) is 16.4. The van der Waals surface area contributed by atoms with Gasteiger partial charge in [0.1, 0.15) is 0 Å². The van der Waals surface area contributed by atoms with E-state index in [2.05, 4.69) is 10.3 Å². The van der Waals surface area contributed by atoms with E-state index >= 15 is 0 Å². The average Bonchev–Trinajstić information content (AvgIpc) is 3.04. The third-order valence-corrected chi connectivity index (χ3v) is 4.72. The van der Waals surface area contributed by atoms with Gasteiger partial charge in [-0.1, -0.05) is 0 Å². The van der Waals surface area contributed by atoms with Crippen LogP contribution in [0.3, 0.4) is 0 Å². The number of carbonyl (C=O) groups excluding carboxylic acids is 1. The van der Waals surface area contributed by atoms with Crippen molar-refractivity contribution in [3.05, 3.63) is 18.7 Å². The molecule has 0 saturated heterocycles. The second-order valence-electron chi connectivity index (χ2n) is 6.11. The van der Waals surface area contributed by atoms with E-state index < -0.39 is 0 Å². The van der Waals surface area contributed by atoms with Crippen LogP contribution in [0.1, 0.15) is 26.2 Å². The largest absolute Gasteiger partial charge is 0.352 e. The predicted octanol–water partition coefficient (Wildman–Crippen LogP) is 1.60. The maximum absolute atomic E-state index is 12.4. The van der Waals surface area contributed by atoms with E-state index in [1.54, 1.807) is 12.5 Å². The first-order valence-electron chi connectivity index (χ1n) is 7.17.